The van der Waals surface area contributed by atoms with Gasteiger partial charge >= 0.3 is 0 Å². The lowest BCUT2D eigenvalue weighted by atomic mass is 9.45. The molecule has 3 fully saturated rings. The molecule has 0 radical (unpaired) electrons. The van der Waals surface area contributed by atoms with Crippen molar-refractivity contribution in [1.82, 2.24) is 0 Å². The Kier molecular flexibility index (Phi) is 3.81. The van der Waals surface area contributed by atoms with E-state index in [0.717, 1.165) is 37.5 Å². The Labute approximate surface area is 147 Å². The number of carbonyl (C=O) groups is 1. The summed E-state index contributed by atoms with van der Waals surface area (Å²) in [6, 6.07) is 0. The van der Waals surface area contributed by atoms with E-state index in [1.807, 2.05) is 6.92 Å². The number of fused-ring (bicyclic) bond motifs is 5. The first-order chi connectivity index (χ1) is 11.3. The van der Waals surface area contributed by atoms with Gasteiger partial charge < -0.3 is 5.11 Å². The number of rotatable bonds is 1. The first-order valence-electron chi connectivity index (χ1n) is 10.2. The van der Waals surface area contributed by atoms with E-state index in [1.54, 1.807) is 5.57 Å². The van der Waals surface area contributed by atoms with Crippen LogP contribution in [0.2, 0.25) is 0 Å². The minimum atomic E-state index is -0.129. The standard InChI is InChI=1S/C22H34O2/c1-13-11-15-12-16(24)7-9-21(15,3)19-8-10-22(4)17(14(2)23)5-6-18(22)20(13)19/h11,13,16-20,24H,5-10,12H2,1-4H3/t13-,16+,17-,18+,19+,20+,21+,22-/m1/s1. The van der Waals surface area contributed by atoms with Gasteiger partial charge in [0.25, 0.3) is 0 Å². The largest absolute Gasteiger partial charge is 0.393 e. The third kappa shape index (κ3) is 2.14. The minimum absolute atomic E-state index is 0.129. The van der Waals surface area contributed by atoms with Crippen LogP contribution in [0.1, 0.15) is 72.6 Å². The van der Waals surface area contributed by atoms with Gasteiger partial charge in [0.2, 0.25) is 0 Å². The van der Waals surface area contributed by atoms with Gasteiger partial charge in [-0.3, -0.25) is 4.79 Å². The number of ketones is 1. The van der Waals surface area contributed by atoms with Crippen molar-refractivity contribution in [3.63, 3.8) is 0 Å². The molecule has 0 aromatic rings. The molecule has 4 aliphatic rings. The van der Waals surface area contributed by atoms with Gasteiger partial charge in [0.1, 0.15) is 5.78 Å². The van der Waals surface area contributed by atoms with Gasteiger partial charge in [0, 0.05) is 5.92 Å². The van der Waals surface area contributed by atoms with Gasteiger partial charge in [-0.25, -0.2) is 0 Å². The van der Waals surface area contributed by atoms with E-state index >= 15 is 0 Å². The van der Waals surface area contributed by atoms with Crippen molar-refractivity contribution >= 4 is 5.78 Å². The molecule has 2 nitrogen and oxygen atoms in total. The van der Waals surface area contributed by atoms with Crippen LogP contribution in [0, 0.1) is 40.4 Å². The molecule has 3 saturated carbocycles. The molecule has 4 rings (SSSR count). The molecule has 0 heterocycles. The van der Waals surface area contributed by atoms with E-state index < -0.39 is 0 Å². The lowest BCUT2D eigenvalue weighted by molar-refractivity contribution is -0.128. The zero-order chi connectivity index (χ0) is 17.3. The SMILES string of the molecule is CC(=O)[C@H]1CC[C@H]2[C@@H]3[C@H](C)C=C4C[C@@H](O)CC[C@]4(C)[C@H]3CC[C@]12C. The number of hydrogen-bond donors (Lipinski definition) is 1. The van der Waals surface area contributed by atoms with Crippen molar-refractivity contribution in [1.29, 1.82) is 0 Å². The van der Waals surface area contributed by atoms with Gasteiger partial charge in [-0.05, 0) is 86.4 Å². The Morgan fingerprint density at radius 2 is 1.88 bits per heavy atom. The highest BCUT2D eigenvalue weighted by molar-refractivity contribution is 5.79. The molecule has 24 heavy (non-hydrogen) atoms. The summed E-state index contributed by atoms with van der Waals surface area (Å²) in [6.07, 6.45) is 10.2. The number of aliphatic hydroxyl groups excluding tert-OH is 1. The van der Waals surface area contributed by atoms with E-state index in [9.17, 15) is 9.90 Å². The van der Waals surface area contributed by atoms with Crippen LogP contribution >= 0.6 is 0 Å². The summed E-state index contributed by atoms with van der Waals surface area (Å²) in [6.45, 7) is 9.12. The monoisotopic (exact) mass is 330 g/mol. The fourth-order valence-corrected chi connectivity index (χ4v) is 7.67. The van der Waals surface area contributed by atoms with Crippen molar-refractivity contribution < 1.29 is 9.90 Å². The fraction of sp³-hybridized carbons (Fsp3) is 0.864. The van der Waals surface area contributed by atoms with E-state index in [-0.39, 0.29) is 11.5 Å². The van der Waals surface area contributed by atoms with Crippen LogP contribution in [0.25, 0.3) is 0 Å². The van der Waals surface area contributed by atoms with Crippen LogP contribution in [0.3, 0.4) is 0 Å². The molecular formula is C22H34O2. The Hall–Kier alpha value is -0.630. The Morgan fingerprint density at radius 3 is 2.58 bits per heavy atom. The summed E-state index contributed by atoms with van der Waals surface area (Å²) in [5, 5.41) is 10.2. The maximum atomic E-state index is 12.2. The van der Waals surface area contributed by atoms with Crippen LogP contribution in [-0.2, 0) is 4.79 Å². The summed E-state index contributed by atoms with van der Waals surface area (Å²) >= 11 is 0. The molecular weight excluding hydrogens is 296 g/mol. The van der Waals surface area contributed by atoms with Crippen LogP contribution in [0.5, 0.6) is 0 Å². The molecule has 0 bridgehead atoms. The first-order valence-corrected chi connectivity index (χ1v) is 10.2. The summed E-state index contributed by atoms with van der Waals surface area (Å²) in [5.41, 5.74) is 2.07. The average molecular weight is 331 g/mol. The molecule has 0 spiro atoms. The zero-order valence-electron chi connectivity index (χ0n) is 15.8. The Morgan fingerprint density at radius 1 is 1.12 bits per heavy atom. The second kappa shape index (κ2) is 5.43. The Balaban J connectivity index is 1.71. The van der Waals surface area contributed by atoms with Crippen molar-refractivity contribution in [3.05, 3.63) is 11.6 Å². The van der Waals surface area contributed by atoms with Crippen molar-refractivity contribution in [2.45, 2.75) is 78.7 Å². The van der Waals surface area contributed by atoms with Crippen LogP contribution in [-0.4, -0.2) is 17.0 Å². The zero-order valence-corrected chi connectivity index (χ0v) is 15.8. The molecule has 1 N–H and O–H groups in total. The molecule has 0 aromatic heterocycles. The molecule has 134 valence electrons. The number of carbonyl (C=O) groups excluding carboxylic acids is 1. The smallest absolute Gasteiger partial charge is 0.133 e. The summed E-state index contributed by atoms with van der Waals surface area (Å²) in [7, 11) is 0. The van der Waals surface area contributed by atoms with Crippen molar-refractivity contribution in [3.8, 4) is 0 Å². The lowest BCUT2D eigenvalue weighted by Gasteiger charge is -2.59. The highest BCUT2D eigenvalue weighted by Gasteiger charge is 2.60. The van der Waals surface area contributed by atoms with E-state index in [1.165, 1.54) is 19.3 Å². The predicted octanol–water partition coefficient (Wildman–Crippen LogP) is 4.76. The molecule has 0 amide bonds. The topological polar surface area (TPSA) is 37.3 Å². The van der Waals surface area contributed by atoms with E-state index in [0.29, 0.717) is 29.0 Å². The Bertz CT molecular complexity index is 579. The number of Topliss-reactive ketones (excluding diaryl/α,β-unsaturated/α-hetero) is 1. The van der Waals surface area contributed by atoms with Gasteiger partial charge in [-0.15, -0.1) is 0 Å². The summed E-state index contributed by atoms with van der Waals surface area (Å²) < 4.78 is 0. The van der Waals surface area contributed by atoms with Crippen molar-refractivity contribution in [2.24, 2.45) is 40.4 Å². The number of aliphatic hydroxyl groups is 1. The van der Waals surface area contributed by atoms with Crippen LogP contribution < -0.4 is 0 Å². The van der Waals surface area contributed by atoms with Gasteiger partial charge in [-0.2, -0.15) is 0 Å². The quantitative estimate of drug-likeness (QED) is 0.704. The summed E-state index contributed by atoms with van der Waals surface area (Å²) in [4.78, 5) is 12.2. The van der Waals surface area contributed by atoms with Gasteiger partial charge in [-0.1, -0.05) is 32.4 Å². The van der Waals surface area contributed by atoms with E-state index in [2.05, 4.69) is 26.8 Å². The fourth-order valence-electron chi connectivity index (χ4n) is 7.67. The maximum absolute atomic E-state index is 12.2. The first kappa shape index (κ1) is 16.8. The highest BCUT2D eigenvalue weighted by atomic mass is 16.3. The summed E-state index contributed by atoms with van der Waals surface area (Å²) in [5.74, 6) is 3.51. The third-order valence-corrected chi connectivity index (χ3v) is 8.90. The van der Waals surface area contributed by atoms with Gasteiger partial charge in [0.05, 0.1) is 6.10 Å². The minimum Gasteiger partial charge on any atom is -0.393 e. The second-order valence-electron chi connectivity index (χ2n) is 9.94. The van der Waals surface area contributed by atoms with Crippen LogP contribution in [0.15, 0.2) is 11.6 Å². The van der Waals surface area contributed by atoms with Crippen molar-refractivity contribution in [2.75, 3.05) is 0 Å². The molecule has 0 saturated heterocycles. The normalized spacial score (nSPS) is 53.6. The molecule has 8 atom stereocenters. The van der Waals surface area contributed by atoms with Gasteiger partial charge in [0.15, 0.2) is 0 Å². The molecule has 0 unspecified atom stereocenters. The number of hydrogen-bond acceptors (Lipinski definition) is 2. The second-order valence-corrected chi connectivity index (χ2v) is 9.94. The third-order valence-electron chi connectivity index (χ3n) is 8.90. The predicted molar refractivity (Wildman–Crippen MR) is 96.4 cm³/mol. The number of allylic oxidation sites excluding steroid dienone is 1. The molecule has 4 aliphatic carbocycles. The molecule has 0 aromatic carbocycles. The molecule has 2 heteroatoms. The maximum Gasteiger partial charge on any atom is 0.133 e. The average Bonchev–Trinajstić information content (AvgIpc) is 2.86. The van der Waals surface area contributed by atoms with E-state index in [4.69, 9.17) is 0 Å². The molecule has 0 aliphatic heterocycles. The lowest BCUT2D eigenvalue weighted by Crippen LogP contribution is -2.53. The van der Waals surface area contributed by atoms with Crippen LogP contribution in [0.4, 0.5) is 0 Å². The highest BCUT2D eigenvalue weighted by Crippen LogP contribution is 2.67.